The molecule has 0 amide bonds. The van der Waals surface area contributed by atoms with Crippen LogP contribution >= 0.6 is 0 Å². The van der Waals surface area contributed by atoms with Gasteiger partial charge in [0.15, 0.2) is 0 Å². The summed E-state index contributed by atoms with van der Waals surface area (Å²) in [6.07, 6.45) is 5.98. The summed E-state index contributed by atoms with van der Waals surface area (Å²) in [5.41, 5.74) is 0. The van der Waals surface area contributed by atoms with Gasteiger partial charge in [0.2, 0.25) is 0 Å². The van der Waals surface area contributed by atoms with E-state index in [0.29, 0.717) is 0 Å². The molecule has 9 heavy (non-hydrogen) atoms. The van der Waals surface area contributed by atoms with E-state index in [-0.39, 0.29) is 0 Å². The molecule has 2 nitrogen and oxygen atoms in total. The van der Waals surface area contributed by atoms with Crippen molar-refractivity contribution in [3.05, 3.63) is 0 Å². The maximum atomic E-state index is 4.80. The molecule has 1 rings (SSSR count). The minimum Gasteiger partial charge on any atom is -0.311 e. The van der Waals surface area contributed by atoms with Crippen LogP contribution in [0, 0.1) is 0 Å². The van der Waals surface area contributed by atoms with E-state index in [2.05, 4.69) is 0 Å². The standard InChI is InChI=1S/C6H12BO2/c1-2-4-6-8-9-7-5-3-1/h1-6H2. The van der Waals surface area contributed by atoms with Gasteiger partial charge in [-0.05, 0) is 12.7 Å². The van der Waals surface area contributed by atoms with Gasteiger partial charge in [-0.15, -0.1) is 0 Å². The Balaban J connectivity index is 2.02. The summed E-state index contributed by atoms with van der Waals surface area (Å²) >= 11 is 0. The summed E-state index contributed by atoms with van der Waals surface area (Å²) in [7, 11) is 1.74. The Morgan fingerprint density at radius 2 is 1.89 bits per heavy atom. The lowest BCUT2D eigenvalue weighted by atomic mass is 9.92. The molecule has 0 aromatic carbocycles. The molecule has 1 heterocycles. The molecule has 0 aliphatic carbocycles. The van der Waals surface area contributed by atoms with Gasteiger partial charge in [0.05, 0.1) is 6.61 Å². The Morgan fingerprint density at radius 1 is 1.00 bits per heavy atom. The summed E-state index contributed by atoms with van der Waals surface area (Å²) in [6, 6.07) is 0. The maximum Gasteiger partial charge on any atom is 0.344 e. The predicted molar refractivity (Wildman–Crippen MR) is 36.1 cm³/mol. The van der Waals surface area contributed by atoms with E-state index >= 15 is 0 Å². The topological polar surface area (TPSA) is 18.5 Å². The molecule has 1 aliphatic rings. The first-order valence-corrected chi connectivity index (χ1v) is 3.60. The molecule has 0 spiro atoms. The predicted octanol–water partition coefficient (Wildman–Crippen LogP) is 1.55. The van der Waals surface area contributed by atoms with Crippen molar-refractivity contribution in [2.24, 2.45) is 0 Å². The van der Waals surface area contributed by atoms with Crippen LogP contribution in [0.3, 0.4) is 0 Å². The van der Waals surface area contributed by atoms with Crippen molar-refractivity contribution in [3.63, 3.8) is 0 Å². The van der Waals surface area contributed by atoms with Gasteiger partial charge in [0.25, 0.3) is 0 Å². The second-order valence-corrected chi connectivity index (χ2v) is 2.29. The summed E-state index contributed by atoms with van der Waals surface area (Å²) in [6.45, 7) is 0.747. The molecule has 1 aliphatic heterocycles. The number of hydrogen-bond donors (Lipinski definition) is 0. The molecule has 51 valence electrons. The quantitative estimate of drug-likeness (QED) is 0.363. The van der Waals surface area contributed by atoms with Gasteiger partial charge in [0, 0.05) is 0 Å². The molecule has 3 heteroatoms. The van der Waals surface area contributed by atoms with Crippen LogP contribution in [0.15, 0.2) is 0 Å². The van der Waals surface area contributed by atoms with Crippen LogP contribution in [0.25, 0.3) is 0 Å². The summed E-state index contributed by atoms with van der Waals surface area (Å²) < 4.78 is 0. The average molecular weight is 127 g/mol. The normalized spacial score (nSPS) is 23.1. The van der Waals surface area contributed by atoms with Crippen molar-refractivity contribution >= 4 is 7.48 Å². The third-order valence-corrected chi connectivity index (χ3v) is 1.44. The van der Waals surface area contributed by atoms with Crippen molar-refractivity contribution < 1.29 is 9.69 Å². The summed E-state index contributed by atoms with van der Waals surface area (Å²) in [4.78, 5) is 9.53. The Hall–Kier alpha value is -0.0151. The van der Waals surface area contributed by atoms with Gasteiger partial charge < -0.3 is 4.81 Å². The van der Waals surface area contributed by atoms with Gasteiger partial charge in [0.1, 0.15) is 0 Å². The molecular formula is C6H12BO2. The average Bonchev–Trinajstić information content (AvgIpc) is 2.00. The molecule has 1 saturated heterocycles. The third kappa shape index (κ3) is 3.54. The fourth-order valence-corrected chi connectivity index (χ4v) is 0.887. The van der Waals surface area contributed by atoms with E-state index in [4.69, 9.17) is 9.69 Å². The van der Waals surface area contributed by atoms with Crippen molar-refractivity contribution in [2.75, 3.05) is 6.61 Å². The van der Waals surface area contributed by atoms with Crippen molar-refractivity contribution in [3.8, 4) is 0 Å². The lowest BCUT2D eigenvalue weighted by molar-refractivity contribution is -0.208. The lowest BCUT2D eigenvalue weighted by Crippen LogP contribution is -1.98. The van der Waals surface area contributed by atoms with Crippen LogP contribution in [-0.4, -0.2) is 14.1 Å². The highest BCUT2D eigenvalue weighted by Gasteiger charge is 1.98. The summed E-state index contributed by atoms with van der Waals surface area (Å²) in [5, 5.41) is 0. The Kier molecular flexibility index (Phi) is 3.80. The first kappa shape index (κ1) is 7.10. The molecule has 0 bridgehead atoms. The first-order valence-electron chi connectivity index (χ1n) is 3.60. The van der Waals surface area contributed by atoms with E-state index < -0.39 is 0 Å². The molecule has 0 aromatic heterocycles. The van der Waals surface area contributed by atoms with Gasteiger partial charge in [-0.2, -0.15) is 0 Å². The highest BCUT2D eigenvalue weighted by molar-refractivity contribution is 6.26. The zero-order valence-corrected chi connectivity index (χ0v) is 5.64. The van der Waals surface area contributed by atoms with Crippen LogP contribution in [0.4, 0.5) is 0 Å². The Bertz CT molecular complexity index is 39.5. The third-order valence-electron chi connectivity index (χ3n) is 1.44. The fraction of sp³-hybridized carbons (Fsp3) is 1.00. The molecule has 0 unspecified atom stereocenters. The van der Waals surface area contributed by atoms with Crippen molar-refractivity contribution in [1.29, 1.82) is 0 Å². The van der Waals surface area contributed by atoms with Gasteiger partial charge in [-0.25, -0.2) is 0 Å². The molecule has 0 N–H and O–H groups in total. The minimum atomic E-state index is 0.747. The van der Waals surface area contributed by atoms with Gasteiger partial charge in [-0.1, -0.05) is 19.3 Å². The monoisotopic (exact) mass is 127 g/mol. The lowest BCUT2D eigenvalue weighted by Gasteiger charge is -1.97. The van der Waals surface area contributed by atoms with E-state index in [0.717, 1.165) is 19.3 Å². The highest BCUT2D eigenvalue weighted by Crippen LogP contribution is 2.05. The second-order valence-electron chi connectivity index (χ2n) is 2.29. The maximum absolute atomic E-state index is 4.80. The second kappa shape index (κ2) is 4.83. The van der Waals surface area contributed by atoms with Crippen LogP contribution < -0.4 is 0 Å². The molecule has 0 aromatic rings. The fourth-order valence-electron chi connectivity index (χ4n) is 0.887. The first-order chi connectivity index (χ1) is 4.50. The van der Waals surface area contributed by atoms with Crippen LogP contribution in [0.2, 0.25) is 6.32 Å². The Morgan fingerprint density at radius 3 is 2.89 bits per heavy atom. The van der Waals surface area contributed by atoms with E-state index in [9.17, 15) is 0 Å². The zero-order valence-electron chi connectivity index (χ0n) is 5.64. The van der Waals surface area contributed by atoms with Crippen LogP contribution in [-0.2, 0) is 9.69 Å². The largest absolute Gasteiger partial charge is 0.344 e. The number of rotatable bonds is 0. The molecule has 1 radical (unpaired) electrons. The van der Waals surface area contributed by atoms with E-state index in [1.807, 2.05) is 0 Å². The molecule has 1 fully saturated rings. The van der Waals surface area contributed by atoms with E-state index in [1.165, 1.54) is 19.3 Å². The highest BCUT2D eigenvalue weighted by atomic mass is 17.2. The molecular weight excluding hydrogens is 115 g/mol. The zero-order chi connectivity index (χ0) is 6.36. The SMILES string of the molecule is [B]1CCCCCCOO1. The van der Waals surface area contributed by atoms with Gasteiger partial charge >= 0.3 is 7.48 Å². The minimum absolute atomic E-state index is 0.747. The van der Waals surface area contributed by atoms with E-state index in [1.54, 1.807) is 7.48 Å². The van der Waals surface area contributed by atoms with Crippen molar-refractivity contribution in [2.45, 2.75) is 32.0 Å². The van der Waals surface area contributed by atoms with Gasteiger partial charge in [-0.3, -0.25) is 4.89 Å². The molecule has 0 atom stereocenters. The number of hydrogen-bond acceptors (Lipinski definition) is 2. The van der Waals surface area contributed by atoms with Crippen molar-refractivity contribution in [1.82, 2.24) is 0 Å². The summed E-state index contributed by atoms with van der Waals surface area (Å²) in [5.74, 6) is 0. The van der Waals surface area contributed by atoms with Crippen LogP contribution in [0.1, 0.15) is 25.7 Å². The smallest absolute Gasteiger partial charge is 0.311 e. The van der Waals surface area contributed by atoms with Crippen LogP contribution in [0.5, 0.6) is 0 Å². The molecule has 0 saturated carbocycles. The Labute approximate surface area is 56.7 Å².